The lowest BCUT2D eigenvalue weighted by Crippen LogP contribution is -2.34. The molecule has 3 aliphatic heterocycles. The van der Waals surface area contributed by atoms with Crippen molar-refractivity contribution in [1.29, 1.82) is 0 Å². The average Bonchev–Trinajstić information content (AvgIpc) is 3.13. The van der Waals surface area contributed by atoms with Gasteiger partial charge in [-0.3, -0.25) is 9.59 Å². The van der Waals surface area contributed by atoms with E-state index in [9.17, 15) is 9.59 Å². The lowest BCUT2D eigenvalue weighted by atomic mass is 9.81. The van der Waals surface area contributed by atoms with Gasteiger partial charge in [-0.2, -0.15) is 0 Å². The molecule has 4 nitrogen and oxygen atoms in total. The van der Waals surface area contributed by atoms with Crippen molar-refractivity contribution in [1.82, 2.24) is 0 Å². The predicted molar refractivity (Wildman–Crippen MR) is 75.6 cm³/mol. The zero-order chi connectivity index (χ0) is 13.9. The number of imide groups is 1. The minimum absolute atomic E-state index is 0.0482. The average molecular weight is 289 g/mol. The molecule has 0 saturated carbocycles. The fraction of sp³-hybridized carbons (Fsp3) is 0.467. The van der Waals surface area contributed by atoms with Gasteiger partial charge >= 0.3 is 0 Å². The van der Waals surface area contributed by atoms with Crippen molar-refractivity contribution in [3.05, 3.63) is 24.3 Å². The Labute approximate surface area is 121 Å². The van der Waals surface area contributed by atoms with Crippen LogP contribution in [0.2, 0.25) is 0 Å². The van der Waals surface area contributed by atoms with E-state index in [0.717, 1.165) is 23.4 Å². The molecule has 0 spiro atoms. The van der Waals surface area contributed by atoms with Gasteiger partial charge < -0.3 is 4.74 Å². The zero-order valence-electron chi connectivity index (χ0n) is 11.1. The minimum Gasteiger partial charge on any atom is -0.373 e. The summed E-state index contributed by atoms with van der Waals surface area (Å²) in [5, 5.41) is 0. The summed E-state index contributed by atoms with van der Waals surface area (Å²) in [6.07, 6.45) is 3.67. The molecule has 4 atom stereocenters. The Hall–Kier alpha value is -1.33. The second-order valence-electron chi connectivity index (χ2n) is 5.53. The number of fused-ring (bicyclic) bond motifs is 5. The van der Waals surface area contributed by atoms with E-state index >= 15 is 0 Å². The maximum Gasteiger partial charge on any atom is 0.240 e. The van der Waals surface area contributed by atoms with E-state index in [-0.39, 0.29) is 35.9 Å². The number of hydrogen-bond acceptors (Lipinski definition) is 4. The van der Waals surface area contributed by atoms with Crippen LogP contribution in [0.1, 0.15) is 12.8 Å². The highest BCUT2D eigenvalue weighted by Crippen LogP contribution is 2.50. The molecule has 0 aromatic heterocycles. The number of thioether (sulfide) groups is 1. The number of rotatable bonds is 2. The van der Waals surface area contributed by atoms with Crippen molar-refractivity contribution < 1.29 is 14.3 Å². The summed E-state index contributed by atoms with van der Waals surface area (Å²) >= 11 is 1.55. The normalized spacial score (nSPS) is 35.0. The monoisotopic (exact) mass is 289 g/mol. The van der Waals surface area contributed by atoms with Crippen LogP contribution in [0.25, 0.3) is 0 Å². The van der Waals surface area contributed by atoms with Gasteiger partial charge in [-0.05, 0) is 31.2 Å². The van der Waals surface area contributed by atoms with Gasteiger partial charge in [0.05, 0.1) is 29.7 Å². The zero-order valence-corrected chi connectivity index (χ0v) is 11.9. The largest absolute Gasteiger partial charge is 0.373 e. The molecule has 1 aromatic rings. The third-order valence-electron chi connectivity index (χ3n) is 4.61. The summed E-state index contributed by atoms with van der Waals surface area (Å²) in [7, 11) is 0. The van der Waals surface area contributed by atoms with Crippen LogP contribution >= 0.6 is 11.8 Å². The highest BCUT2D eigenvalue weighted by atomic mass is 32.2. The molecule has 2 amide bonds. The van der Waals surface area contributed by atoms with Gasteiger partial charge in [0.2, 0.25) is 11.8 Å². The van der Waals surface area contributed by atoms with Gasteiger partial charge in [0.1, 0.15) is 0 Å². The molecule has 3 fully saturated rings. The van der Waals surface area contributed by atoms with Crippen LogP contribution in [-0.4, -0.2) is 30.3 Å². The fourth-order valence-corrected chi connectivity index (χ4v) is 4.35. The van der Waals surface area contributed by atoms with Crippen molar-refractivity contribution in [2.75, 3.05) is 11.2 Å². The smallest absolute Gasteiger partial charge is 0.240 e. The maximum absolute atomic E-state index is 12.7. The van der Waals surface area contributed by atoms with Gasteiger partial charge in [-0.25, -0.2) is 4.90 Å². The number of nitrogens with zero attached hydrogens (tertiary/aromatic N) is 1. The molecule has 0 radical (unpaired) electrons. The van der Waals surface area contributed by atoms with Crippen LogP contribution in [0.3, 0.4) is 0 Å². The summed E-state index contributed by atoms with van der Waals surface area (Å²) in [6, 6.07) is 7.59. The predicted octanol–water partition coefficient (Wildman–Crippen LogP) is 2.08. The van der Waals surface area contributed by atoms with E-state index < -0.39 is 0 Å². The number of carbonyl (C=O) groups excluding carboxylic acids is 2. The van der Waals surface area contributed by atoms with Gasteiger partial charge in [0, 0.05) is 4.90 Å². The summed E-state index contributed by atoms with van der Waals surface area (Å²) in [5.74, 6) is -0.658. The third kappa shape index (κ3) is 1.48. The second-order valence-corrected chi connectivity index (χ2v) is 6.37. The van der Waals surface area contributed by atoms with Crippen LogP contribution in [0, 0.1) is 11.8 Å². The standard InChI is InChI=1S/C15H15NO3S/c1-20-11-5-3-2-4-8(11)16-14(17)12-9-6-7-10(19-9)13(12)15(16)18/h2-5,9-10,12-13H,6-7H2,1H3/t9-,10-,12-,13-/m1/s1. The quantitative estimate of drug-likeness (QED) is 0.618. The lowest BCUT2D eigenvalue weighted by molar-refractivity contribution is -0.124. The molecule has 2 bridgehead atoms. The topological polar surface area (TPSA) is 46.6 Å². The Bertz CT molecular complexity index is 575. The SMILES string of the molecule is CSc1ccccc1N1C(=O)[C@H]2[C@H](C1=O)[C@H]1CC[C@H]2O1. The van der Waals surface area contributed by atoms with E-state index in [4.69, 9.17) is 4.74 Å². The molecular weight excluding hydrogens is 274 g/mol. The summed E-state index contributed by atoms with van der Waals surface area (Å²) in [4.78, 5) is 27.7. The number of anilines is 1. The molecule has 20 heavy (non-hydrogen) atoms. The Morgan fingerprint density at radius 1 is 1.10 bits per heavy atom. The first-order valence-electron chi connectivity index (χ1n) is 6.88. The number of hydrogen-bond donors (Lipinski definition) is 0. The van der Waals surface area contributed by atoms with E-state index in [1.54, 1.807) is 11.8 Å². The molecule has 3 aliphatic rings. The molecule has 0 aliphatic carbocycles. The lowest BCUT2D eigenvalue weighted by Gasteiger charge is -2.19. The van der Waals surface area contributed by atoms with Crippen LogP contribution < -0.4 is 4.90 Å². The van der Waals surface area contributed by atoms with E-state index in [1.807, 2.05) is 30.5 Å². The van der Waals surface area contributed by atoms with Gasteiger partial charge in [0.15, 0.2) is 0 Å². The summed E-state index contributed by atoms with van der Waals surface area (Å²) in [6.45, 7) is 0. The van der Waals surface area contributed by atoms with Crippen LogP contribution in [0.5, 0.6) is 0 Å². The molecule has 3 saturated heterocycles. The fourth-order valence-electron chi connectivity index (χ4n) is 3.76. The highest BCUT2D eigenvalue weighted by molar-refractivity contribution is 7.98. The molecule has 4 rings (SSSR count). The third-order valence-corrected chi connectivity index (χ3v) is 5.40. The van der Waals surface area contributed by atoms with Gasteiger partial charge in [-0.1, -0.05) is 12.1 Å². The molecule has 0 N–H and O–H groups in total. The van der Waals surface area contributed by atoms with Crippen LogP contribution in [0.4, 0.5) is 5.69 Å². The highest BCUT2D eigenvalue weighted by Gasteiger charge is 2.62. The minimum atomic E-state index is -0.254. The Kier molecular flexibility index (Phi) is 2.69. The molecule has 3 heterocycles. The number of benzene rings is 1. The van der Waals surface area contributed by atoms with Crippen LogP contribution in [-0.2, 0) is 14.3 Å². The first-order valence-corrected chi connectivity index (χ1v) is 8.11. The van der Waals surface area contributed by atoms with Crippen molar-refractivity contribution >= 4 is 29.3 Å². The molecular formula is C15H15NO3S. The molecule has 1 aromatic carbocycles. The number of amides is 2. The van der Waals surface area contributed by atoms with Crippen molar-refractivity contribution in [3.8, 4) is 0 Å². The maximum atomic E-state index is 12.7. The Balaban J connectivity index is 1.77. The molecule has 104 valence electrons. The number of carbonyl (C=O) groups is 2. The van der Waals surface area contributed by atoms with E-state index in [1.165, 1.54) is 4.90 Å². The first kappa shape index (κ1) is 12.4. The van der Waals surface area contributed by atoms with Crippen molar-refractivity contribution in [2.45, 2.75) is 29.9 Å². The number of ether oxygens (including phenoxy) is 1. The van der Waals surface area contributed by atoms with Gasteiger partial charge in [0.25, 0.3) is 0 Å². The van der Waals surface area contributed by atoms with E-state index in [0.29, 0.717) is 0 Å². The molecule has 0 unspecified atom stereocenters. The first-order chi connectivity index (χ1) is 9.72. The molecule has 5 heteroatoms. The summed E-state index contributed by atoms with van der Waals surface area (Å²) in [5.41, 5.74) is 0.726. The Morgan fingerprint density at radius 2 is 1.70 bits per heavy atom. The van der Waals surface area contributed by atoms with Gasteiger partial charge in [-0.15, -0.1) is 11.8 Å². The van der Waals surface area contributed by atoms with Crippen LogP contribution in [0.15, 0.2) is 29.2 Å². The van der Waals surface area contributed by atoms with E-state index in [2.05, 4.69) is 0 Å². The Morgan fingerprint density at radius 3 is 2.30 bits per heavy atom. The summed E-state index contributed by atoms with van der Waals surface area (Å²) < 4.78 is 5.75. The second kappa shape index (κ2) is 4.33. The van der Waals surface area contributed by atoms with Crippen molar-refractivity contribution in [2.24, 2.45) is 11.8 Å². The van der Waals surface area contributed by atoms with Crippen molar-refractivity contribution in [3.63, 3.8) is 0 Å². The number of para-hydroxylation sites is 1.